The minimum atomic E-state index is -1.55. The first-order valence-corrected chi connectivity index (χ1v) is 14.1. The maximum Gasteiger partial charge on any atom is 0.560 e. The van der Waals surface area contributed by atoms with Crippen molar-refractivity contribution in [3.63, 3.8) is 0 Å². The van der Waals surface area contributed by atoms with Gasteiger partial charge in [0.15, 0.2) is 0 Å². The Bertz CT molecular complexity index is 1760. The van der Waals surface area contributed by atoms with Crippen LogP contribution in [0.3, 0.4) is 0 Å². The third kappa shape index (κ3) is 6.55. The Morgan fingerprint density at radius 1 is 0.419 bits per heavy atom. The molecular formula is C36H29B2NO4. The van der Waals surface area contributed by atoms with Crippen LogP contribution in [-0.2, 0) is 0 Å². The van der Waals surface area contributed by atoms with Crippen molar-refractivity contribution in [2.75, 3.05) is 4.90 Å². The standard InChI is InChI=1S/C36H29B2NO4/c40-37(41)31-20-24-34(25-21-31)39(33-22-16-30(17-23-33)28-10-5-2-6-11-28)35-12-7-13-36(26-35)43-38(42)32-18-14-29(15-19-32)27-8-3-1-4-9-27/h1-26,40-42H. The highest BCUT2D eigenvalue weighted by Crippen LogP contribution is 2.36. The van der Waals surface area contributed by atoms with Crippen LogP contribution in [0.5, 0.6) is 5.75 Å². The van der Waals surface area contributed by atoms with Crippen LogP contribution in [0.2, 0.25) is 0 Å². The van der Waals surface area contributed by atoms with E-state index in [1.165, 1.54) is 0 Å². The molecule has 0 saturated heterocycles. The summed E-state index contributed by atoms with van der Waals surface area (Å²) in [5.74, 6) is 0.505. The van der Waals surface area contributed by atoms with E-state index in [2.05, 4.69) is 29.2 Å². The fourth-order valence-electron chi connectivity index (χ4n) is 5.04. The van der Waals surface area contributed by atoms with E-state index in [0.717, 1.165) is 39.3 Å². The predicted octanol–water partition coefficient (Wildman–Crippen LogP) is 5.94. The normalized spacial score (nSPS) is 10.7. The SMILES string of the molecule is OB(O)c1ccc(N(c2ccc(-c3ccccc3)cc2)c2cccc(OB(O)c3ccc(-c4ccccc4)cc3)c2)cc1. The zero-order valence-corrected chi connectivity index (χ0v) is 23.4. The molecule has 6 rings (SSSR count). The second kappa shape index (κ2) is 12.8. The smallest absolute Gasteiger partial charge is 0.532 e. The molecule has 0 aromatic heterocycles. The lowest BCUT2D eigenvalue weighted by Crippen LogP contribution is -2.36. The zero-order valence-electron chi connectivity index (χ0n) is 23.4. The van der Waals surface area contributed by atoms with Crippen LogP contribution < -0.4 is 20.5 Å². The molecule has 6 aromatic rings. The Morgan fingerprint density at radius 3 is 1.42 bits per heavy atom. The van der Waals surface area contributed by atoms with Crippen molar-refractivity contribution in [3.8, 4) is 28.0 Å². The van der Waals surface area contributed by atoms with Crippen LogP contribution in [-0.4, -0.2) is 29.3 Å². The highest BCUT2D eigenvalue weighted by atomic mass is 16.5. The van der Waals surface area contributed by atoms with Gasteiger partial charge in [0.05, 0.1) is 0 Å². The Balaban J connectivity index is 1.29. The van der Waals surface area contributed by atoms with Crippen LogP contribution in [0.1, 0.15) is 0 Å². The Morgan fingerprint density at radius 2 is 0.884 bits per heavy atom. The predicted molar refractivity (Wildman–Crippen MR) is 176 cm³/mol. The van der Waals surface area contributed by atoms with Gasteiger partial charge in [-0.2, -0.15) is 0 Å². The molecule has 0 saturated carbocycles. The van der Waals surface area contributed by atoms with E-state index in [9.17, 15) is 15.1 Å². The zero-order chi connectivity index (χ0) is 29.6. The molecule has 0 bridgehead atoms. The minimum Gasteiger partial charge on any atom is -0.532 e. The van der Waals surface area contributed by atoms with Crippen molar-refractivity contribution >= 4 is 42.2 Å². The Labute approximate surface area is 252 Å². The molecule has 0 aliphatic carbocycles. The van der Waals surface area contributed by atoms with Crippen molar-refractivity contribution < 1.29 is 19.7 Å². The molecule has 3 N–H and O–H groups in total. The fraction of sp³-hybridized carbons (Fsp3) is 0. The molecule has 0 radical (unpaired) electrons. The number of anilines is 3. The van der Waals surface area contributed by atoms with Gasteiger partial charge in [-0.3, -0.25) is 0 Å². The molecule has 6 aromatic carbocycles. The quantitative estimate of drug-likeness (QED) is 0.191. The van der Waals surface area contributed by atoms with Gasteiger partial charge >= 0.3 is 14.2 Å². The molecule has 7 heteroatoms. The molecular weight excluding hydrogens is 532 g/mol. The molecule has 0 fully saturated rings. The highest BCUT2D eigenvalue weighted by molar-refractivity contribution is 6.60. The van der Waals surface area contributed by atoms with Gasteiger partial charge in [0.25, 0.3) is 0 Å². The molecule has 5 nitrogen and oxygen atoms in total. The van der Waals surface area contributed by atoms with Crippen LogP contribution in [0.4, 0.5) is 17.1 Å². The van der Waals surface area contributed by atoms with Gasteiger partial charge in [-0.25, -0.2) is 0 Å². The average molecular weight is 561 g/mol. The molecule has 208 valence electrons. The summed E-state index contributed by atoms with van der Waals surface area (Å²) in [5, 5.41) is 30.2. The molecule has 0 unspecified atom stereocenters. The first kappa shape index (κ1) is 28.1. The molecule has 0 atom stereocenters. The summed E-state index contributed by atoms with van der Waals surface area (Å²) in [6, 6.07) is 50.8. The highest BCUT2D eigenvalue weighted by Gasteiger charge is 2.21. The fourth-order valence-corrected chi connectivity index (χ4v) is 5.04. The molecule has 0 aliphatic rings. The summed E-state index contributed by atoms with van der Waals surface area (Å²) in [7, 11) is -2.70. The van der Waals surface area contributed by atoms with Crippen molar-refractivity contribution in [2.24, 2.45) is 0 Å². The first-order chi connectivity index (χ1) is 21.0. The average Bonchev–Trinajstić information content (AvgIpc) is 3.06. The van der Waals surface area contributed by atoms with Crippen molar-refractivity contribution in [1.82, 2.24) is 0 Å². The van der Waals surface area contributed by atoms with Gasteiger partial charge < -0.3 is 24.6 Å². The van der Waals surface area contributed by atoms with Gasteiger partial charge in [-0.15, -0.1) is 0 Å². The van der Waals surface area contributed by atoms with Crippen LogP contribution >= 0.6 is 0 Å². The molecule has 43 heavy (non-hydrogen) atoms. The van der Waals surface area contributed by atoms with E-state index in [0.29, 0.717) is 16.7 Å². The maximum atomic E-state index is 10.9. The van der Waals surface area contributed by atoms with Crippen LogP contribution in [0.15, 0.2) is 158 Å². The molecule has 0 amide bonds. The van der Waals surface area contributed by atoms with E-state index in [1.54, 1.807) is 12.1 Å². The summed E-state index contributed by atoms with van der Waals surface area (Å²) < 4.78 is 6.00. The van der Waals surface area contributed by atoms with E-state index in [-0.39, 0.29) is 0 Å². The monoisotopic (exact) mass is 561 g/mol. The molecule has 0 heterocycles. The van der Waals surface area contributed by atoms with Gasteiger partial charge in [0, 0.05) is 23.1 Å². The van der Waals surface area contributed by atoms with Crippen molar-refractivity contribution in [1.29, 1.82) is 0 Å². The van der Waals surface area contributed by atoms with E-state index < -0.39 is 14.2 Å². The van der Waals surface area contributed by atoms with Gasteiger partial charge in [0.2, 0.25) is 0 Å². The number of rotatable bonds is 9. The topological polar surface area (TPSA) is 73.2 Å². The Hall–Kier alpha value is -5.07. The largest absolute Gasteiger partial charge is 0.560 e. The second-order valence-electron chi connectivity index (χ2n) is 10.2. The molecule has 0 spiro atoms. The van der Waals surface area contributed by atoms with Gasteiger partial charge in [-0.05, 0) is 69.6 Å². The lowest BCUT2D eigenvalue weighted by atomic mass is 9.79. The van der Waals surface area contributed by atoms with Gasteiger partial charge in [0.1, 0.15) is 5.75 Å². The first-order valence-electron chi connectivity index (χ1n) is 14.1. The van der Waals surface area contributed by atoms with E-state index in [4.69, 9.17) is 4.65 Å². The minimum absolute atomic E-state index is 0.404. The third-order valence-corrected chi connectivity index (χ3v) is 7.31. The maximum absolute atomic E-state index is 10.9. The Kier molecular flexibility index (Phi) is 8.38. The number of hydrogen-bond donors (Lipinski definition) is 3. The summed E-state index contributed by atoms with van der Waals surface area (Å²) in [4.78, 5) is 2.05. The van der Waals surface area contributed by atoms with E-state index in [1.807, 2.05) is 121 Å². The molecule has 0 aliphatic heterocycles. The third-order valence-electron chi connectivity index (χ3n) is 7.31. The summed E-state index contributed by atoms with van der Waals surface area (Å²) >= 11 is 0. The lowest BCUT2D eigenvalue weighted by Gasteiger charge is -2.26. The van der Waals surface area contributed by atoms with Crippen LogP contribution in [0.25, 0.3) is 22.3 Å². The van der Waals surface area contributed by atoms with Crippen molar-refractivity contribution in [3.05, 3.63) is 158 Å². The second-order valence-corrected chi connectivity index (χ2v) is 10.2. The van der Waals surface area contributed by atoms with E-state index >= 15 is 0 Å². The summed E-state index contributed by atoms with van der Waals surface area (Å²) in [5.41, 5.74) is 8.00. The lowest BCUT2D eigenvalue weighted by molar-refractivity contribution is 0.425. The van der Waals surface area contributed by atoms with Crippen LogP contribution in [0, 0.1) is 0 Å². The summed E-state index contributed by atoms with van der Waals surface area (Å²) in [6.45, 7) is 0. The summed E-state index contributed by atoms with van der Waals surface area (Å²) in [6.07, 6.45) is 0. The number of nitrogens with zero attached hydrogens (tertiary/aromatic N) is 1. The number of hydrogen-bond acceptors (Lipinski definition) is 5. The van der Waals surface area contributed by atoms with Crippen molar-refractivity contribution in [2.45, 2.75) is 0 Å². The van der Waals surface area contributed by atoms with Gasteiger partial charge in [-0.1, -0.05) is 115 Å². The number of benzene rings is 6.